The number of aliphatic carboxylic acids is 1. The smallest absolute Gasteiger partial charge is 0.303 e. The molecule has 0 saturated carbocycles. The number of hydrogen-bond donors (Lipinski definition) is 1. The summed E-state index contributed by atoms with van der Waals surface area (Å²) in [7, 11) is 0. The largest absolute Gasteiger partial charge is 0.493 e. The zero-order valence-corrected chi connectivity index (χ0v) is 20.0. The van der Waals surface area contributed by atoms with Crippen LogP contribution in [-0.2, 0) is 17.6 Å². The first-order chi connectivity index (χ1) is 16.3. The Morgan fingerprint density at radius 1 is 1.03 bits per heavy atom. The Bertz CT molecular complexity index is 1120. The van der Waals surface area contributed by atoms with Crippen molar-refractivity contribution in [3.05, 3.63) is 82.6 Å². The van der Waals surface area contributed by atoms with Crippen LogP contribution >= 0.6 is 11.6 Å². The van der Waals surface area contributed by atoms with Gasteiger partial charge in [0.25, 0.3) is 0 Å². The predicted molar refractivity (Wildman–Crippen MR) is 130 cm³/mol. The highest BCUT2D eigenvalue weighted by Gasteiger charge is 2.13. The third-order valence-corrected chi connectivity index (χ3v) is 5.45. The lowest BCUT2D eigenvalue weighted by molar-refractivity contribution is -0.136. The summed E-state index contributed by atoms with van der Waals surface area (Å²) in [6, 6.07) is 16.7. The molecule has 5 nitrogen and oxygen atoms in total. The summed E-state index contributed by atoms with van der Waals surface area (Å²) < 4.78 is 31.3. The number of carboxylic acid groups (broad SMARTS) is 1. The second-order valence-corrected chi connectivity index (χ2v) is 8.33. The Morgan fingerprint density at radius 3 is 2.59 bits per heavy atom. The molecule has 0 aliphatic rings. The van der Waals surface area contributed by atoms with Gasteiger partial charge in [-0.2, -0.15) is 0 Å². The van der Waals surface area contributed by atoms with Crippen LogP contribution in [0.15, 0.2) is 60.7 Å². The minimum Gasteiger partial charge on any atom is -0.493 e. The first kappa shape index (κ1) is 25.4. The second-order valence-electron chi connectivity index (χ2n) is 7.89. The monoisotopic (exact) mass is 486 g/mol. The third kappa shape index (κ3) is 7.66. The van der Waals surface area contributed by atoms with Gasteiger partial charge in [0.05, 0.1) is 12.7 Å². The highest BCUT2D eigenvalue weighted by molar-refractivity contribution is 6.30. The molecule has 1 atom stereocenters. The van der Waals surface area contributed by atoms with Crippen molar-refractivity contribution in [1.29, 1.82) is 0 Å². The first-order valence-electron chi connectivity index (χ1n) is 11.2. The molecule has 7 heteroatoms. The fraction of sp³-hybridized carbons (Fsp3) is 0.296. The van der Waals surface area contributed by atoms with Gasteiger partial charge in [-0.3, -0.25) is 4.79 Å². The molecule has 0 spiro atoms. The van der Waals surface area contributed by atoms with Gasteiger partial charge in [0.15, 0.2) is 11.5 Å². The fourth-order valence-electron chi connectivity index (χ4n) is 3.44. The van der Waals surface area contributed by atoms with E-state index in [2.05, 4.69) is 0 Å². The molecule has 3 rings (SSSR count). The number of carboxylic acids is 1. The SMILES string of the molecule is CCc1cc(OCC[C@@H](C)Oc2ccc(Cl)cc2Oc2cccc(F)c2)ccc1CCC(=O)O. The maximum absolute atomic E-state index is 13.5. The Balaban J connectivity index is 1.57. The van der Waals surface area contributed by atoms with Crippen LogP contribution < -0.4 is 14.2 Å². The van der Waals surface area contributed by atoms with Crippen molar-refractivity contribution in [2.45, 2.75) is 45.6 Å². The van der Waals surface area contributed by atoms with Gasteiger partial charge < -0.3 is 19.3 Å². The molecular weight excluding hydrogens is 459 g/mol. The molecule has 0 aliphatic carbocycles. The molecule has 0 fully saturated rings. The van der Waals surface area contributed by atoms with Crippen LogP contribution in [0.5, 0.6) is 23.0 Å². The van der Waals surface area contributed by atoms with Crippen LogP contribution in [-0.4, -0.2) is 23.8 Å². The van der Waals surface area contributed by atoms with Crippen molar-refractivity contribution in [3.63, 3.8) is 0 Å². The van der Waals surface area contributed by atoms with Crippen molar-refractivity contribution in [1.82, 2.24) is 0 Å². The first-order valence-corrected chi connectivity index (χ1v) is 11.6. The van der Waals surface area contributed by atoms with E-state index >= 15 is 0 Å². The second kappa shape index (κ2) is 12.3. The number of benzene rings is 3. The van der Waals surface area contributed by atoms with Crippen LogP contribution in [0.4, 0.5) is 4.39 Å². The Labute approximate surface area is 204 Å². The summed E-state index contributed by atoms with van der Waals surface area (Å²) in [5.41, 5.74) is 2.12. The Kier molecular flexibility index (Phi) is 9.16. The van der Waals surface area contributed by atoms with E-state index < -0.39 is 11.8 Å². The van der Waals surface area contributed by atoms with Crippen LogP contribution in [0, 0.1) is 5.82 Å². The highest BCUT2D eigenvalue weighted by Crippen LogP contribution is 2.35. The van der Waals surface area contributed by atoms with Crippen molar-refractivity contribution >= 4 is 17.6 Å². The number of ether oxygens (including phenoxy) is 3. The van der Waals surface area contributed by atoms with Gasteiger partial charge in [-0.05, 0) is 67.3 Å². The van der Waals surface area contributed by atoms with E-state index in [1.807, 2.05) is 32.0 Å². The van der Waals surface area contributed by atoms with Gasteiger partial charge in [0, 0.05) is 30.0 Å². The Morgan fingerprint density at radius 2 is 1.85 bits per heavy atom. The summed E-state index contributed by atoms with van der Waals surface area (Å²) in [6.45, 7) is 4.40. The normalized spacial score (nSPS) is 11.6. The predicted octanol–water partition coefficient (Wildman–Crippen LogP) is 7.09. The molecular formula is C27H28ClFO5. The quantitative estimate of drug-likeness (QED) is 0.296. The zero-order valence-electron chi connectivity index (χ0n) is 19.2. The van der Waals surface area contributed by atoms with Gasteiger partial charge >= 0.3 is 5.97 Å². The van der Waals surface area contributed by atoms with E-state index in [1.165, 1.54) is 12.1 Å². The molecule has 0 aromatic heterocycles. The van der Waals surface area contributed by atoms with Gasteiger partial charge in [-0.25, -0.2) is 4.39 Å². The van der Waals surface area contributed by atoms with Crippen LogP contribution in [0.25, 0.3) is 0 Å². The zero-order chi connectivity index (χ0) is 24.5. The van der Waals surface area contributed by atoms with Gasteiger partial charge in [0.2, 0.25) is 0 Å². The molecule has 0 aliphatic heterocycles. The van der Waals surface area contributed by atoms with Crippen molar-refractivity contribution in [3.8, 4) is 23.0 Å². The molecule has 1 N–H and O–H groups in total. The maximum Gasteiger partial charge on any atom is 0.303 e. The summed E-state index contributed by atoms with van der Waals surface area (Å²) in [4.78, 5) is 10.9. The third-order valence-electron chi connectivity index (χ3n) is 5.22. The summed E-state index contributed by atoms with van der Waals surface area (Å²) in [6.07, 6.45) is 1.85. The standard InChI is InChI=1S/C27H28ClFO5/c1-3-19-15-23(10-7-20(19)8-12-27(30)31)32-14-13-18(2)33-25-11-9-21(28)16-26(25)34-24-6-4-5-22(29)17-24/h4-7,9-11,15-18H,3,8,12-14H2,1-2H3,(H,30,31)/t18-/m1/s1. The average Bonchev–Trinajstić information content (AvgIpc) is 2.80. The van der Waals surface area contributed by atoms with Crippen molar-refractivity contribution in [2.24, 2.45) is 0 Å². The Hall–Kier alpha value is -3.25. The van der Waals surface area contributed by atoms with Crippen LogP contribution in [0.3, 0.4) is 0 Å². The summed E-state index contributed by atoms with van der Waals surface area (Å²) in [5.74, 6) is 0.786. The summed E-state index contributed by atoms with van der Waals surface area (Å²) in [5, 5.41) is 9.40. The molecule has 3 aromatic carbocycles. The number of rotatable bonds is 12. The van der Waals surface area contributed by atoms with Gasteiger partial charge in [-0.15, -0.1) is 0 Å². The van der Waals surface area contributed by atoms with E-state index in [0.29, 0.717) is 41.7 Å². The summed E-state index contributed by atoms with van der Waals surface area (Å²) >= 11 is 6.11. The molecule has 0 saturated heterocycles. The highest BCUT2D eigenvalue weighted by atomic mass is 35.5. The lowest BCUT2D eigenvalue weighted by Crippen LogP contribution is -2.16. The van der Waals surface area contributed by atoms with E-state index in [4.69, 9.17) is 30.9 Å². The molecule has 0 unspecified atom stereocenters. The minimum absolute atomic E-state index is 0.109. The van der Waals surface area contributed by atoms with E-state index in [-0.39, 0.29) is 12.5 Å². The van der Waals surface area contributed by atoms with E-state index in [1.54, 1.807) is 30.3 Å². The van der Waals surface area contributed by atoms with Gasteiger partial charge in [-0.1, -0.05) is 30.7 Å². The van der Waals surface area contributed by atoms with Crippen LogP contribution in [0.1, 0.15) is 37.8 Å². The molecule has 0 bridgehead atoms. The lowest BCUT2D eigenvalue weighted by atomic mass is 10.0. The van der Waals surface area contributed by atoms with Crippen molar-refractivity contribution < 1.29 is 28.5 Å². The van der Waals surface area contributed by atoms with E-state index in [0.717, 1.165) is 23.3 Å². The number of carbonyl (C=O) groups is 1. The maximum atomic E-state index is 13.5. The number of hydrogen-bond acceptors (Lipinski definition) is 4. The van der Waals surface area contributed by atoms with Crippen molar-refractivity contribution in [2.75, 3.05) is 6.61 Å². The van der Waals surface area contributed by atoms with Crippen LogP contribution in [0.2, 0.25) is 5.02 Å². The number of halogens is 2. The topological polar surface area (TPSA) is 65.0 Å². The molecule has 180 valence electrons. The minimum atomic E-state index is -0.804. The van der Waals surface area contributed by atoms with E-state index in [9.17, 15) is 9.18 Å². The molecule has 0 amide bonds. The molecule has 0 heterocycles. The molecule has 3 aromatic rings. The van der Waals surface area contributed by atoms with Gasteiger partial charge in [0.1, 0.15) is 17.3 Å². The lowest BCUT2D eigenvalue weighted by Gasteiger charge is -2.18. The average molecular weight is 487 g/mol. The fourth-order valence-corrected chi connectivity index (χ4v) is 3.60. The molecule has 0 radical (unpaired) electrons. The molecule has 34 heavy (non-hydrogen) atoms. The number of aryl methyl sites for hydroxylation is 2.